The molecule has 0 aliphatic carbocycles. The minimum atomic E-state index is 0.463. The van der Waals surface area contributed by atoms with Gasteiger partial charge in [0.25, 0.3) is 0 Å². The molecule has 0 aromatic carbocycles. The minimum absolute atomic E-state index is 0.463. The van der Waals surface area contributed by atoms with Gasteiger partial charge in [-0.1, -0.05) is 32.9 Å². The topological polar surface area (TPSA) is 0 Å². The highest BCUT2D eigenvalue weighted by atomic mass is 13.8. The lowest BCUT2D eigenvalue weighted by Crippen LogP contribution is -1.75. The zero-order valence-electron chi connectivity index (χ0n) is 6.15. The lowest BCUT2D eigenvalue weighted by atomic mass is 10.2. The summed E-state index contributed by atoms with van der Waals surface area (Å²) in [5.74, 6) is 0.463. The Bertz CT molecular complexity index is 45.1. The molecule has 8 heavy (non-hydrogen) atoms. The first-order valence-electron chi connectivity index (χ1n) is 3.06. The van der Waals surface area contributed by atoms with E-state index in [-0.39, 0.29) is 0 Å². The lowest BCUT2D eigenvalue weighted by Gasteiger charge is -1.88. The Labute approximate surface area is 52.9 Å². The number of rotatable bonds is 2. The Morgan fingerprint density at radius 3 is 1.38 bits per heavy atom. The third kappa shape index (κ3) is 9.08. The molecular formula is C8H16. The van der Waals surface area contributed by atoms with Gasteiger partial charge in [-0.05, 0) is 5.92 Å². The fourth-order valence-electron chi connectivity index (χ4n) is 0.0962. The van der Waals surface area contributed by atoms with Crippen molar-refractivity contribution in [2.24, 2.45) is 5.92 Å². The molecule has 0 spiro atoms. The highest BCUT2D eigenvalue weighted by Gasteiger charge is 1.78. The van der Waals surface area contributed by atoms with E-state index in [0.717, 1.165) is 0 Å². The number of hydrogen-bond donors (Lipinski definition) is 0. The van der Waals surface area contributed by atoms with Crippen LogP contribution in [-0.2, 0) is 0 Å². The van der Waals surface area contributed by atoms with E-state index in [0.29, 0.717) is 5.92 Å². The molecule has 0 aromatic heterocycles. The second-order valence-electron chi connectivity index (χ2n) is 1.33. The van der Waals surface area contributed by atoms with E-state index in [1.54, 1.807) is 0 Å². The molecule has 0 heteroatoms. The molecule has 0 aliphatic rings. The molecule has 0 aliphatic heterocycles. The van der Waals surface area contributed by atoms with Gasteiger partial charge in [-0.3, -0.25) is 0 Å². The van der Waals surface area contributed by atoms with E-state index in [1.165, 1.54) is 0 Å². The maximum absolute atomic E-state index is 3.56. The third-order valence-corrected chi connectivity index (χ3v) is 0.744. The zero-order valence-corrected chi connectivity index (χ0v) is 6.15. The Morgan fingerprint density at radius 2 is 1.38 bits per heavy atom. The standard InChI is InChI=1S/C6H10.C2H6/c1-4-6(3)5-2;1-2/h4-6H,1-2H2,3H3;1-2H3. The van der Waals surface area contributed by atoms with Crippen LogP contribution < -0.4 is 0 Å². The Balaban J connectivity index is 0. The predicted molar refractivity (Wildman–Crippen MR) is 40.9 cm³/mol. The average molecular weight is 112 g/mol. The largest absolute Gasteiger partial charge is 0.103 e. The Morgan fingerprint density at radius 1 is 1.12 bits per heavy atom. The first-order chi connectivity index (χ1) is 3.81. The Kier molecular flexibility index (Phi) is 12.7. The average Bonchev–Trinajstić information content (AvgIpc) is 1.91. The smallest absolute Gasteiger partial charge is 0.00872 e. The molecule has 0 saturated carbocycles. The Hall–Kier alpha value is -0.520. The van der Waals surface area contributed by atoms with Crippen molar-refractivity contribution in [3.8, 4) is 0 Å². The second kappa shape index (κ2) is 9.70. The van der Waals surface area contributed by atoms with Crippen molar-refractivity contribution in [2.75, 3.05) is 0 Å². The molecule has 48 valence electrons. The van der Waals surface area contributed by atoms with E-state index < -0.39 is 0 Å². The quantitative estimate of drug-likeness (QED) is 0.482. The molecule has 0 heterocycles. The molecule has 0 unspecified atom stereocenters. The van der Waals surface area contributed by atoms with Gasteiger partial charge in [-0.25, -0.2) is 0 Å². The molecule has 0 aromatic rings. The first kappa shape index (κ1) is 10.5. The normalized spacial score (nSPS) is 7.00. The van der Waals surface area contributed by atoms with Gasteiger partial charge in [0, 0.05) is 0 Å². The van der Waals surface area contributed by atoms with E-state index in [1.807, 2.05) is 32.9 Å². The van der Waals surface area contributed by atoms with Gasteiger partial charge >= 0.3 is 0 Å². The minimum Gasteiger partial charge on any atom is -0.103 e. The lowest BCUT2D eigenvalue weighted by molar-refractivity contribution is 0.948. The van der Waals surface area contributed by atoms with Gasteiger partial charge in [0.15, 0.2) is 0 Å². The van der Waals surface area contributed by atoms with Crippen molar-refractivity contribution in [3.63, 3.8) is 0 Å². The van der Waals surface area contributed by atoms with Crippen LogP contribution in [0.1, 0.15) is 20.8 Å². The van der Waals surface area contributed by atoms with Gasteiger partial charge < -0.3 is 0 Å². The summed E-state index contributed by atoms with van der Waals surface area (Å²) in [6.45, 7) is 13.2. The van der Waals surface area contributed by atoms with E-state index in [9.17, 15) is 0 Å². The summed E-state index contributed by atoms with van der Waals surface area (Å²) < 4.78 is 0. The van der Waals surface area contributed by atoms with Crippen LogP contribution in [-0.4, -0.2) is 0 Å². The van der Waals surface area contributed by atoms with Crippen LogP contribution in [0.3, 0.4) is 0 Å². The van der Waals surface area contributed by atoms with Crippen molar-refractivity contribution in [2.45, 2.75) is 20.8 Å². The molecule has 0 saturated heterocycles. The number of hydrogen-bond acceptors (Lipinski definition) is 0. The van der Waals surface area contributed by atoms with Crippen molar-refractivity contribution >= 4 is 0 Å². The monoisotopic (exact) mass is 112 g/mol. The SMILES string of the molecule is C=CC(C)C=C.CC. The summed E-state index contributed by atoms with van der Waals surface area (Å²) in [5, 5.41) is 0. The highest BCUT2D eigenvalue weighted by molar-refractivity contribution is 4.87. The van der Waals surface area contributed by atoms with Crippen molar-refractivity contribution in [1.29, 1.82) is 0 Å². The van der Waals surface area contributed by atoms with Crippen LogP contribution in [0.25, 0.3) is 0 Å². The van der Waals surface area contributed by atoms with E-state index >= 15 is 0 Å². The van der Waals surface area contributed by atoms with Crippen LogP contribution in [0.4, 0.5) is 0 Å². The van der Waals surface area contributed by atoms with Gasteiger partial charge in [-0.15, -0.1) is 13.2 Å². The van der Waals surface area contributed by atoms with Crippen LogP contribution in [0.2, 0.25) is 0 Å². The highest BCUT2D eigenvalue weighted by Crippen LogP contribution is 1.92. The summed E-state index contributed by atoms with van der Waals surface area (Å²) in [4.78, 5) is 0. The second-order valence-corrected chi connectivity index (χ2v) is 1.33. The zero-order chi connectivity index (χ0) is 6.99. The summed E-state index contributed by atoms with van der Waals surface area (Å²) in [5.41, 5.74) is 0. The van der Waals surface area contributed by atoms with Crippen LogP contribution in [0.15, 0.2) is 25.3 Å². The third-order valence-electron chi connectivity index (χ3n) is 0.744. The van der Waals surface area contributed by atoms with Gasteiger partial charge in [0.2, 0.25) is 0 Å². The molecule has 0 atom stereocenters. The van der Waals surface area contributed by atoms with Crippen LogP contribution in [0, 0.1) is 5.92 Å². The van der Waals surface area contributed by atoms with Crippen molar-refractivity contribution in [1.82, 2.24) is 0 Å². The molecule has 0 amide bonds. The maximum Gasteiger partial charge on any atom is -0.00872 e. The van der Waals surface area contributed by atoms with Crippen LogP contribution in [0.5, 0.6) is 0 Å². The van der Waals surface area contributed by atoms with Crippen molar-refractivity contribution < 1.29 is 0 Å². The molecule has 0 bridgehead atoms. The maximum atomic E-state index is 3.56. The summed E-state index contributed by atoms with van der Waals surface area (Å²) in [6, 6.07) is 0. The van der Waals surface area contributed by atoms with Crippen LogP contribution >= 0.6 is 0 Å². The van der Waals surface area contributed by atoms with Gasteiger partial charge in [0.1, 0.15) is 0 Å². The van der Waals surface area contributed by atoms with Gasteiger partial charge in [-0.2, -0.15) is 0 Å². The summed E-state index contributed by atoms with van der Waals surface area (Å²) >= 11 is 0. The molecular weight excluding hydrogens is 96.1 g/mol. The summed E-state index contributed by atoms with van der Waals surface area (Å²) in [7, 11) is 0. The van der Waals surface area contributed by atoms with E-state index in [4.69, 9.17) is 0 Å². The fraction of sp³-hybridized carbons (Fsp3) is 0.500. The molecule has 0 N–H and O–H groups in total. The predicted octanol–water partition coefficient (Wildman–Crippen LogP) is 3.02. The van der Waals surface area contributed by atoms with Crippen molar-refractivity contribution in [3.05, 3.63) is 25.3 Å². The van der Waals surface area contributed by atoms with E-state index in [2.05, 4.69) is 13.2 Å². The summed E-state index contributed by atoms with van der Waals surface area (Å²) in [6.07, 6.45) is 3.71. The molecule has 0 rings (SSSR count). The van der Waals surface area contributed by atoms with Gasteiger partial charge in [0.05, 0.1) is 0 Å². The fourth-order valence-corrected chi connectivity index (χ4v) is 0.0962. The first-order valence-corrected chi connectivity index (χ1v) is 3.06. The molecule has 0 fully saturated rings. The number of allylic oxidation sites excluding steroid dienone is 2. The molecule has 0 radical (unpaired) electrons. The molecule has 0 nitrogen and oxygen atoms in total.